The minimum atomic E-state index is -0.554. The lowest BCUT2D eigenvalue weighted by Gasteiger charge is -2.32. The molecule has 1 aromatic carbocycles. The molecule has 0 spiro atoms. The molecular weight excluding hydrogens is 330 g/mol. The highest BCUT2D eigenvalue weighted by molar-refractivity contribution is 6.32. The molecule has 24 heavy (non-hydrogen) atoms. The molecule has 1 aromatic rings. The number of carbonyl (C=O) groups excluding carboxylic acids is 1. The summed E-state index contributed by atoms with van der Waals surface area (Å²) in [5.41, 5.74) is 6.17. The van der Waals surface area contributed by atoms with E-state index in [2.05, 4.69) is 10.2 Å². The van der Waals surface area contributed by atoms with Gasteiger partial charge in [-0.1, -0.05) is 11.6 Å². The average molecular weight is 356 g/mol. The van der Waals surface area contributed by atoms with Gasteiger partial charge in [-0.2, -0.15) is 0 Å². The van der Waals surface area contributed by atoms with E-state index in [0.29, 0.717) is 16.5 Å². The molecule has 3 N–H and O–H groups in total. The van der Waals surface area contributed by atoms with Crippen LogP contribution in [0.1, 0.15) is 18.4 Å². The Kier molecular flexibility index (Phi) is 7.15. The van der Waals surface area contributed by atoms with Gasteiger partial charge in [0.1, 0.15) is 0 Å². The lowest BCUT2D eigenvalue weighted by atomic mass is 9.96. The second kappa shape index (κ2) is 9.11. The summed E-state index contributed by atoms with van der Waals surface area (Å²) >= 11 is 6.29. The fraction of sp³-hybridized carbons (Fsp3) is 0.588. The normalized spacial score (nSPS) is 16.1. The zero-order valence-corrected chi connectivity index (χ0v) is 15.1. The Balaban J connectivity index is 2.01. The van der Waals surface area contributed by atoms with Gasteiger partial charge in [-0.05, 0) is 63.1 Å². The van der Waals surface area contributed by atoms with Crippen molar-refractivity contribution in [2.45, 2.75) is 19.4 Å². The standard InChI is InChI=1S/C17H26ClN3O3/c1-20-9-12-3-5-21(6-4-12)10-13-7-14(18)17(15(8-13)23-2)24-11-16(19)22/h7-8,12,20H,3-6,9-11H2,1-2H3,(H2,19,22). The number of rotatable bonds is 8. The van der Waals surface area contributed by atoms with Crippen LogP contribution in [0.5, 0.6) is 11.5 Å². The predicted molar refractivity (Wildman–Crippen MR) is 94.6 cm³/mol. The molecule has 1 aliphatic heterocycles. The number of carbonyl (C=O) groups is 1. The van der Waals surface area contributed by atoms with Gasteiger partial charge in [0.2, 0.25) is 0 Å². The van der Waals surface area contributed by atoms with Crippen LogP contribution in [0, 0.1) is 5.92 Å². The summed E-state index contributed by atoms with van der Waals surface area (Å²) in [6, 6.07) is 3.77. The van der Waals surface area contributed by atoms with Gasteiger partial charge in [0, 0.05) is 6.54 Å². The van der Waals surface area contributed by atoms with Crippen molar-refractivity contribution in [3.63, 3.8) is 0 Å². The van der Waals surface area contributed by atoms with E-state index >= 15 is 0 Å². The first kappa shape index (κ1) is 18.8. The number of halogens is 1. The molecule has 2 rings (SSSR count). The largest absolute Gasteiger partial charge is 0.493 e. The molecule has 1 amide bonds. The third kappa shape index (κ3) is 5.26. The predicted octanol–water partition coefficient (Wildman–Crippen LogP) is 1.64. The molecule has 1 fully saturated rings. The van der Waals surface area contributed by atoms with Gasteiger partial charge >= 0.3 is 0 Å². The van der Waals surface area contributed by atoms with E-state index in [1.54, 1.807) is 7.11 Å². The van der Waals surface area contributed by atoms with Crippen LogP contribution in [0.2, 0.25) is 5.02 Å². The topological polar surface area (TPSA) is 76.8 Å². The number of nitrogens with one attached hydrogen (secondary N) is 1. The summed E-state index contributed by atoms with van der Waals surface area (Å²) in [4.78, 5) is 13.3. The molecule has 6 nitrogen and oxygen atoms in total. The van der Waals surface area contributed by atoms with Gasteiger partial charge in [-0.15, -0.1) is 0 Å². The molecule has 0 radical (unpaired) electrons. The quantitative estimate of drug-likeness (QED) is 0.741. The summed E-state index contributed by atoms with van der Waals surface area (Å²) in [7, 11) is 3.55. The Morgan fingerprint density at radius 3 is 2.71 bits per heavy atom. The van der Waals surface area contributed by atoms with Crippen molar-refractivity contribution >= 4 is 17.5 Å². The highest BCUT2D eigenvalue weighted by Gasteiger charge is 2.20. The summed E-state index contributed by atoms with van der Waals surface area (Å²) < 4.78 is 10.7. The third-order valence-corrected chi connectivity index (χ3v) is 4.53. The monoisotopic (exact) mass is 355 g/mol. The minimum Gasteiger partial charge on any atom is -0.493 e. The van der Waals surface area contributed by atoms with Gasteiger partial charge in [0.15, 0.2) is 18.1 Å². The van der Waals surface area contributed by atoms with E-state index in [1.807, 2.05) is 19.2 Å². The SMILES string of the molecule is CNCC1CCN(Cc2cc(Cl)c(OCC(N)=O)c(OC)c2)CC1. The number of amides is 1. The maximum absolute atomic E-state index is 10.9. The number of benzene rings is 1. The number of hydrogen-bond acceptors (Lipinski definition) is 5. The highest BCUT2D eigenvalue weighted by Crippen LogP contribution is 2.37. The van der Waals surface area contributed by atoms with Gasteiger partial charge in [-0.25, -0.2) is 0 Å². The molecule has 7 heteroatoms. The number of nitrogens with two attached hydrogens (primary N) is 1. The van der Waals surface area contributed by atoms with E-state index in [1.165, 1.54) is 12.8 Å². The van der Waals surface area contributed by atoms with Crippen LogP contribution in [-0.2, 0) is 11.3 Å². The van der Waals surface area contributed by atoms with Crippen LogP contribution in [-0.4, -0.2) is 51.2 Å². The number of ether oxygens (including phenoxy) is 2. The van der Waals surface area contributed by atoms with Crippen LogP contribution in [0.25, 0.3) is 0 Å². The first-order valence-corrected chi connectivity index (χ1v) is 8.55. The van der Waals surface area contributed by atoms with Gasteiger partial charge in [0.25, 0.3) is 5.91 Å². The van der Waals surface area contributed by atoms with Crippen molar-refractivity contribution in [2.75, 3.05) is 40.4 Å². The molecule has 0 bridgehead atoms. The lowest BCUT2D eigenvalue weighted by molar-refractivity contribution is -0.119. The number of methoxy groups -OCH3 is 1. The highest BCUT2D eigenvalue weighted by atomic mass is 35.5. The number of nitrogens with zero attached hydrogens (tertiary/aromatic N) is 1. The average Bonchev–Trinajstić information content (AvgIpc) is 2.55. The number of likely N-dealkylation sites (tertiary alicyclic amines) is 1. The maximum Gasteiger partial charge on any atom is 0.255 e. The second-order valence-electron chi connectivity index (χ2n) is 6.14. The molecule has 0 atom stereocenters. The van der Waals surface area contributed by atoms with E-state index in [9.17, 15) is 4.79 Å². The van der Waals surface area contributed by atoms with Crippen LogP contribution >= 0.6 is 11.6 Å². The number of hydrogen-bond donors (Lipinski definition) is 2. The Morgan fingerprint density at radius 2 is 2.12 bits per heavy atom. The molecule has 0 unspecified atom stereocenters. The van der Waals surface area contributed by atoms with Crippen molar-refractivity contribution in [1.82, 2.24) is 10.2 Å². The van der Waals surface area contributed by atoms with Crippen molar-refractivity contribution in [3.05, 3.63) is 22.7 Å². The van der Waals surface area contributed by atoms with Crippen molar-refractivity contribution < 1.29 is 14.3 Å². The third-order valence-electron chi connectivity index (χ3n) is 4.25. The van der Waals surface area contributed by atoms with Crippen molar-refractivity contribution in [2.24, 2.45) is 11.7 Å². The fourth-order valence-electron chi connectivity index (χ4n) is 3.04. The van der Waals surface area contributed by atoms with E-state index < -0.39 is 5.91 Å². The van der Waals surface area contributed by atoms with Gasteiger partial charge < -0.3 is 20.5 Å². The molecule has 0 aromatic heterocycles. The first-order chi connectivity index (χ1) is 11.5. The van der Waals surface area contributed by atoms with E-state index in [0.717, 1.165) is 37.7 Å². The van der Waals surface area contributed by atoms with Crippen molar-refractivity contribution in [3.8, 4) is 11.5 Å². The first-order valence-electron chi connectivity index (χ1n) is 8.18. The summed E-state index contributed by atoms with van der Waals surface area (Å²) in [5, 5.41) is 3.68. The Morgan fingerprint density at radius 1 is 1.42 bits per heavy atom. The Hall–Kier alpha value is -1.50. The zero-order chi connectivity index (χ0) is 17.5. The lowest BCUT2D eigenvalue weighted by Crippen LogP contribution is -2.36. The van der Waals surface area contributed by atoms with Gasteiger partial charge in [-0.3, -0.25) is 9.69 Å². The molecule has 1 aliphatic rings. The second-order valence-corrected chi connectivity index (χ2v) is 6.55. The Bertz CT molecular complexity index is 560. The molecular formula is C17H26ClN3O3. The molecule has 134 valence electrons. The van der Waals surface area contributed by atoms with Crippen molar-refractivity contribution in [1.29, 1.82) is 0 Å². The minimum absolute atomic E-state index is 0.228. The van der Waals surface area contributed by atoms with Crippen LogP contribution in [0.3, 0.4) is 0 Å². The molecule has 0 saturated carbocycles. The molecule has 1 saturated heterocycles. The van der Waals surface area contributed by atoms with Crippen LogP contribution < -0.4 is 20.5 Å². The van der Waals surface area contributed by atoms with Crippen LogP contribution in [0.4, 0.5) is 0 Å². The van der Waals surface area contributed by atoms with Gasteiger partial charge in [0.05, 0.1) is 12.1 Å². The molecule has 1 heterocycles. The summed E-state index contributed by atoms with van der Waals surface area (Å²) in [5.74, 6) is 1.08. The van der Waals surface area contributed by atoms with E-state index in [4.69, 9.17) is 26.8 Å². The summed E-state index contributed by atoms with van der Waals surface area (Å²) in [6.07, 6.45) is 2.40. The smallest absolute Gasteiger partial charge is 0.255 e. The number of piperidine rings is 1. The fourth-order valence-corrected chi connectivity index (χ4v) is 3.33. The van der Waals surface area contributed by atoms with E-state index in [-0.39, 0.29) is 6.61 Å². The Labute approximate surface area is 148 Å². The number of primary amides is 1. The zero-order valence-electron chi connectivity index (χ0n) is 14.3. The maximum atomic E-state index is 10.9. The molecule has 0 aliphatic carbocycles. The summed E-state index contributed by atoms with van der Waals surface area (Å²) in [6.45, 7) is 3.82. The van der Waals surface area contributed by atoms with Crippen LogP contribution in [0.15, 0.2) is 12.1 Å².